The Morgan fingerprint density at radius 3 is 2.55 bits per heavy atom. The van der Waals surface area contributed by atoms with Crippen LogP contribution in [-0.4, -0.2) is 43.8 Å². The van der Waals surface area contributed by atoms with Gasteiger partial charge in [0.1, 0.15) is 0 Å². The van der Waals surface area contributed by atoms with E-state index in [2.05, 4.69) is 39.1 Å². The van der Waals surface area contributed by atoms with Crippen molar-refractivity contribution in [1.29, 1.82) is 0 Å². The molecule has 1 atom stereocenters. The number of alkyl halides is 3. The van der Waals surface area contributed by atoms with E-state index in [-0.39, 0.29) is 24.3 Å². The quantitative estimate of drug-likeness (QED) is 0.456. The lowest BCUT2D eigenvalue weighted by Gasteiger charge is -2.37. The zero-order valence-electron chi connectivity index (χ0n) is 19.1. The minimum Gasteiger partial charge on any atom is -0.481 e. The van der Waals surface area contributed by atoms with E-state index in [1.165, 1.54) is 6.42 Å². The Bertz CT molecular complexity index is 940. The van der Waals surface area contributed by atoms with Gasteiger partial charge in [0.25, 0.3) is 0 Å². The molecule has 1 fully saturated rings. The fourth-order valence-corrected chi connectivity index (χ4v) is 4.20. The molecule has 1 aliphatic carbocycles. The van der Waals surface area contributed by atoms with Gasteiger partial charge >= 0.3 is 12.1 Å². The van der Waals surface area contributed by atoms with Gasteiger partial charge in [-0.3, -0.25) is 9.89 Å². The molecule has 2 aromatic heterocycles. The van der Waals surface area contributed by atoms with Gasteiger partial charge in [-0.05, 0) is 36.3 Å². The molecule has 11 heteroatoms. The molecular formula is C22H31F3N6O2. The Hall–Kier alpha value is -2.85. The van der Waals surface area contributed by atoms with E-state index in [9.17, 15) is 18.0 Å². The SMILES string of the molecule is CC(C)CN(c1ncc(C(C)CC(=O)O)cc1Nc1n[nH]c(C(F)(F)F)n1)C1CCCCC1. The van der Waals surface area contributed by atoms with Crippen molar-refractivity contribution < 1.29 is 23.1 Å². The summed E-state index contributed by atoms with van der Waals surface area (Å²) in [7, 11) is 0. The molecule has 2 heterocycles. The van der Waals surface area contributed by atoms with Gasteiger partial charge in [0.05, 0.1) is 12.1 Å². The second-order valence-electron chi connectivity index (χ2n) is 9.11. The molecule has 0 aliphatic heterocycles. The lowest BCUT2D eigenvalue weighted by atomic mass is 9.93. The van der Waals surface area contributed by atoms with Crippen LogP contribution < -0.4 is 10.2 Å². The smallest absolute Gasteiger partial charge is 0.451 e. The van der Waals surface area contributed by atoms with Gasteiger partial charge in [-0.2, -0.15) is 18.2 Å². The number of hydrogen-bond donors (Lipinski definition) is 3. The summed E-state index contributed by atoms with van der Waals surface area (Å²) in [5, 5.41) is 17.6. The number of aromatic amines is 1. The van der Waals surface area contributed by atoms with Gasteiger partial charge in [0.2, 0.25) is 11.8 Å². The van der Waals surface area contributed by atoms with Crippen molar-refractivity contribution in [3.05, 3.63) is 23.7 Å². The number of carboxylic acid groups (broad SMARTS) is 1. The Morgan fingerprint density at radius 1 is 1.27 bits per heavy atom. The minimum atomic E-state index is -4.64. The second kappa shape index (κ2) is 10.4. The third kappa shape index (κ3) is 6.58. The molecule has 0 bridgehead atoms. The monoisotopic (exact) mass is 468 g/mol. The van der Waals surface area contributed by atoms with Crippen LogP contribution in [0.25, 0.3) is 0 Å². The maximum absolute atomic E-state index is 13.0. The fourth-order valence-electron chi connectivity index (χ4n) is 4.20. The molecular weight excluding hydrogens is 437 g/mol. The number of hydrogen-bond acceptors (Lipinski definition) is 6. The number of aromatic nitrogens is 4. The van der Waals surface area contributed by atoms with Gasteiger partial charge in [0, 0.05) is 18.8 Å². The van der Waals surface area contributed by atoms with Crippen molar-refractivity contribution in [2.24, 2.45) is 5.92 Å². The van der Waals surface area contributed by atoms with Crippen LogP contribution >= 0.6 is 0 Å². The van der Waals surface area contributed by atoms with Crippen LogP contribution in [0, 0.1) is 5.92 Å². The summed E-state index contributed by atoms with van der Waals surface area (Å²) in [6, 6.07) is 2.02. The molecule has 33 heavy (non-hydrogen) atoms. The van der Waals surface area contributed by atoms with Gasteiger partial charge in [0.15, 0.2) is 5.82 Å². The number of rotatable bonds is 9. The van der Waals surface area contributed by atoms with Crippen molar-refractivity contribution in [3.8, 4) is 0 Å². The molecule has 0 radical (unpaired) electrons. The summed E-state index contributed by atoms with van der Waals surface area (Å²) in [4.78, 5) is 21.6. The van der Waals surface area contributed by atoms with Crippen molar-refractivity contribution >= 4 is 23.4 Å². The number of anilines is 3. The van der Waals surface area contributed by atoms with E-state index >= 15 is 0 Å². The van der Waals surface area contributed by atoms with Crippen LogP contribution in [-0.2, 0) is 11.0 Å². The van der Waals surface area contributed by atoms with Gasteiger partial charge in [-0.15, -0.1) is 5.10 Å². The summed E-state index contributed by atoms with van der Waals surface area (Å²) in [5.74, 6) is -1.72. The Balaban J connectivity index is 2.01. The van der Waals surface area contributed by atoms with Crippen LogP contribution in [0.15, 0.2) is 12.3 Å². The van der Waals surface area contributed by atoms with E-state index in [1.807, 2.05) is 5.10 Å². The van der Waals surface area contributed by atoms with E-state index in [0.717, 1.165) is 32.2 Å². The van der Waals surface area contributed by atoms with Gasteiger partial charge in [-0.1, -0.05) is 40.0 Å². The Morgan fingerprint density at radius 2 is 1.97 bits per heavy atom. The first kappa shape index (κ1) is 24.8. The number of carbonyl (C=O) groups is 1. The number of nitrogens with zero attached hydrogens (tertiary/aromatic N) is 4. The normalized spacial score (nSPS) is 16.1. The predicted molar refractivity (Wildman–Crippen MR) is 119 cm³/mol. The highest BCUT2D eigenvalue weighted by Crippen LogP contribution is 2.35. The standard InChI is InChI=1S/C22H31F3N6O2/c1-13(2)12-31(16-7-5-4-6-8-16)19-17(10-15(11-26-19)14(3)9-18(32)33)27-21-28-20(29-30-21)22(23,24)25/h10-11,13-14,16H,4-9,12H2,1-3H3,(H,32,33)(H2,27,28,29,30). The highest BCUT2D eigenvalue weighted by molar-refractivity contribution is 5.72. The number of pyridine rings is 1. The first-order valence-electron chi connectivity index (χ1n) is 11.3. The molecule has 0 amide bonds. The van der Waals surface area contributed by atoms with Crippen LogP contribution in [0.5, 0.6) is 0 Å². The molecule has 1 saturated carbocycles. The first-order valence-corrected chi connectivity index (χ1v) is 11.3. The van der Waals surface area contributed by atoms with E-state index < -0.39 is 18.0 Å². The summed E-state index contributed by atoms with van der Waals surface area (Å²) < 4.78 is 39.0. The molecule has 0 spiro atoms. The van der Waals surface area contributed by atoms with Crippen molar-refractivity contribution in [1.82, 2.24) is 20.2 Å². The summed E-state index contributed by atoms with van der Waals surface area (Å²) in [5.41, 5.74) is 1.13. The molecule has 3 rings (SSSR count). The lowest BCUT2D eigenvalue weighted by Crippen LogP contribution is -2.40. The number of H-pyrrole nitrogens is 1. The Labute approximate surface area is 191 Å². The summed E-state index contributed by atoms with van der Waals surface area (Å²) in [6.45, 7) is 6.72. The Kier molecular flexibility index (Phi) is 7.80. The van der Waals surface area contributed by atoms with Crippen LogP contribution in [0.3, 0.4) is 0 Å². The topological polar surface area (TPSA) is 107 Å². The molecule has 182 valence electrons. The van der Waals surface area contributed by atoms with Crippen molar-refractivity contribution in [2.75, 3.05) is 16.8 Å². The van der Waals surface area contributed by atoms with Crippen molar-refractivity contribution in [3.63, 3.8) is 0 Å². The molecule has 8 nitrogen and oxygen atoms in total. The van der Waals surface area contributed by atoms with Gasteiger partial charge < -0.3 is 15.3 Å². The molecule has 3 N–H and O–H groups in total. The average molecular weight is 469 g/mol. The number of carboxylic acids is 1. The van der Waals surface area contributed by atoms with Crippen LogP contribution in [0.2, 0.25) is 0 Å². The van der Waals surface area contributed by atoms with Gasteiger partial charge in [-0.25, -0.2) is 4.98 Å². The number of halogens is 3. The lowest BCUT2D eigenvalue weighted by molar-refractivity contribution is -0.144. The minimum absolute atomic E-state index is 0.0856. The highest BCUT2D eigenvalue weighted by atomic mass is 19.4. The van der Waals surface area contributed by atoms with E-state index in [4.69, 9.17) is 5.11 Å². The predicted octanol–water partition coefficient (Wildman–Crippen LogP) is 5.34. The largest absolute Gasteiger partial charge is 0.481 e. The summed E-state index contributed by atoms with van der Waals surface area (Å²) >= 11 is 0. The number of nitrogens with one attached hydrogen (secondary N) is 2. The highest BCUT2D eigenvalue weighted by Gasteiger charge is 2.35. The zero-order valence-corrected chi connectivity index (χ0v) is 19.1. The maximum Gasteiger partial charge on any atom is 0.451 e. The fraction of sp³-hybridized carbons (Fsp3) is 0.636. The molecule has 1 unspecified atom stereocenters. The average Bonchev–Trinajstić information content (AvgIpc) is 3.21. The van der Waals surface area contributed by atoms with Crippen molar-refractivity contribution in [2.45, 2.75) is 77.4 Å². The molecule has 1 aliphatic rings. The maximum atomic E-state index is 13.0. The van der Waals surface area contributed by atoms with Crippen LogP contribution in [0.1, 0.15) is 76.6 Å². The van der Waals surface area contributed by atoms with E-state index in [1.54, 1.807) is 19.2 Å². The zero-order chi connectivity index (χ0) is 24.2. The molecule has 0 saturated heterocycles. The molecule has 2 aromatic rings. The summed E-state index contributed by atoms with van der Waals surface area (Å²) in [6.07, 6.45) is 2.39. The first-order chi connectivity index (χ1) is 15.5. The number of aliphatic carboxylic acids is 1. The van der Waals surface area contributed by atoms with E-state index in [0.29, 0.717) is 23.0 Å². The second-order valence-corrected chi connectivity index (χ2v) is 9.11. The third-order valence-electron chi connectivity index (χ3n) is 5.79. The third-order valence-corrected chi connectivity index (χ3v) is 5.79. The van der Waals surface area contributed by atoms with Crippen LogP contribution in [0.4, 0.5) is 30.6 Å². The molecule has 0 aromatic carbocycles.